The average Bonchev–Trinajstić information content (AvgIpc) is 2.94. The molecular weight excluding hydrogens is 380 g/mol. The van der Waals surface area contributed by atoms with Gasteiger partial charge in [-0.15, -0.1) is 0 Å². The van der Waals surface area contributed by atoms with Gasteiger partial charge >= 0.3 is 5.97 Å². The van der Waals surface area contributed by atoms with Crippen LogP contribution in [0.4, 0.5) is 0 Å². The summed E-state index contributed by atoms with van der Waals surface area (Å²) in [6.45, 7) is -0.502. The second-order valence-electron chi connectivity index (χ2n) is 7.70. The van der Waals surface area contributed by atoms with Gasteiger partial charge in [0.2, 0.25) is 0 Å². The largest absolute Gasteiger partial charge is 0.481 e. The van der Waals surface area contributed by atoms with Crippen LogP contribution in [0.2, 0.25) is 0 Å². The minimum absolute atomic E-state index is 0.0401. The molecule has 0 aromatic heterocycles. The quantitative estimate of drug-likeness (QED) is 0.283. The normalized spacial score (nSPS) is 36.7. The molecule has 3 aliphatic heterocycles. The van der Waals surface area contributed by atoms with Crippen LogP contribution in [0.1, 0.15) is 12.8 Å². The summed E-state index contributed by atoms with van der Waals surface area (Å²) in [4.78, 5) is 43.6. The number of allylic oxidation sites excluding steroid dienone is 2. The van der Waals surface area contributed by atoms with Crippen LogP contribution in [0.3, 0.4) is 0 Å². The monoisotopic (exact) mass is 398 g/mol. The van der Waals surface area contributed by atoms with Crippen molar-refractivity contribution in [3.63, 3.8) is 0 Å². The number of nitriles is 1. The number of hydrogen-bond acceptors (Lipinski definition) is 8. The number of aliphatic hydroxyl groups is 1. The highest BCUT2D eigenvalue weighted by molar-refractivity contribution is 6.23. The highest BCUT2D eigenvalue weighted by Crippen LogP contribution is 2.47. The van der Waals surface area contributed by atoms with Gasteiger partial charge in [-0.3, -0.25) is 24.2 Å². The van der Waals surface area contributed by atoms with E-state index < -0.39 is 54.2 Å². The third kappa shape index (κ3) is 2.54. The van der Waals surface area contributed by atoms with E-state index in [2.05, 4.69) is 16.1 Å². The molecule has 1 aliphatic carbocycles. The van der Waals surface area contributed by atoms with Crippen molar-refractivity contribution < 1.29 is 24.6 Å². The van der Waals surface area contributed by atoms with Gasteiger partial charge in [0.1, 0.15) is 6.04 Å². The molecule has 6 atom stereocenters. The summed E-state index contributed by atoms with van der Waals surface area (Å²) in [6.07, 6.45) is 1.27. The molecular formula is C18H18N6O5. The number of fused-ring (bicyclic) bond motifs is 4. The summed E-state index contributed by atoms with van der Waals surface area (Å²) in [5.41, 5.74) is 8.57. The Morgan fingerprint density at radius 2 is 2.17 bits per heavy atom. The number of hydrogen-bond donors (Lipinski definition) is 2. The number of carboxylic acid groups (broad SMARTS) is 1. The maximum atomic E-state index is 12.8. The van der Waals surface area contributed by atoms with Crippen LogP contribution in [0.5, 0.6) is 0 Å². The number of rotatable bonds is 3. The highest BCUT2D eigenvalue weighted by atomic mass is 16.4. The summed E-state index contributed by atoms with van der Waals surface area (Å²) >= 11 is 0. The number of aliphatic hydroxyl groups excluding tert-OH is 1. The Bertz CT molecular complexity index is 974. The highest BCUT2D eigenvalue weighted by Gasteiger charge is 2.60. The molecule has 2 fully saturated rings. The number of carboxylic acids is 1. The van der Waals surface area contributed by atoms with E-state index in [1.54, 1.807) is 11.9 Å². The number of Topliss-reactive ketones (excluding diaryl/α,β-unsaturated/α-hetero) is 1. The molecule has 1 unspecified atom stereocenters. The van der Waals surface area contributed by atoms with Gasteiger partial charge in [0.15, 0.2) is 11.6 Å². The first-order chi connectivity index (χ1) is 13.8. The van der Waals surface area contributed by atoms with E-state index in [4.69, 9.17) is 5.53 Å². The van der Waals surface area contributed by atoms with Crippen molar-refractivity contribution in [2.24, 2.45) is 11.0 Å². The topological polar surface area (TPSA) is 171 Å². The third-order valence-corrected chi connectivity index (χ3v) is 6.61. The van der Waals surface area contributed by atoms with Gasteiger partial charge in [0.25, 0.3) is 0 Å². The van der Waals surface area contributed by atoms with Gasteiger partial charge in [-0.1, -0.05) is 5.11 Å². The molecule has 0 aromatic carbocycles. The molecule has 3 heterocycles. The standard InChI is InChI=1S/C18H18N6O5/c1-23-10-3-8(18(28)29)16(23)11-2-7-15(13(6-25)24(11)12(10)5-19)14(26)4-9(17(7)27)21-22-20/h4,8,10-13,16,25H,2-3,6H2,1H3,(H,28,29)/t8-,10+,11+,12?,13+,16-/m1/s1. The number of aliphatic carboxylic acids is 1. The van der Waals surface area contributed by atoms with Crippen LogP contribution < -0.4 is 0 Å². The van der Waals surface area contributed by atoms with Gasteiger partial charge in [-0.05, 0) is 31.5 Å². The van der Waals surface area contributed by atoms with Gasteiger partial charge in [-0.25, -0.2) is 0 Å². The van der Waals surface area contributed by atoms with E-state index >= 15 is 0 Å². The van der Waals surface area contributed by atoms with Crippen LogP contribution >= 0.6 is 0 Å². The maximum absolute atomic E-state index is 12.8. The van der Waals surface area contributed by atoms with Crippen LogP contribution in [0, 0.1) is 17.2 Å². The molecule has 2 bridgehead atoms. The Labute approximate surface area is 165 Å². The molecule has 2 saturated heterocycles. The van der Waals surface area contributed by atoms with Gasteiger partial charge in [0.05, 0.1) is 30.3 Å². The minimum atomic E-state index is -0.982. The summed E-state index contributed by atoms with van der Waals surface area (Å²) in [6, 6.07) is -0.818. The first-order valence-corrected chi connectivity index (χ1v) is 9.17. The van der Waals surface area contributed by atoms with E-state index in [-0.39, 0.29) is 35.7 Å². The van der Waals surface area contributed by atoms with Crippen molar-refractivity contribution >= 4 is 17.5 Å². The fourth-order valence-electron chi connectivity index (χ4n) is 5.52. The number of ketones is 2. The zero-order chi connectivity index (χ0) is 21.0. The molecule has 2 N–H and O–H groups in total. The molecule has 0 saturated carbocycles. The first kappa shape index (κ1) is 19.3. The molecule has 0 radical (unpaired) electrons. The number of azide groups is 1. The minimum Gasteiger partial charge on any atom is -0.481 e. The Morgan fingerprint density at radius 1 is 1.45 bits per heavy atom. The lowest BCUT2D eigenvalue weighted by atomic mass is 9.76. The maximum Gasteiger partial charge on any atom is 0.308 e. The van der Waals surface area contributed by atoms with Crippen molar-refractivity contribution in [3.8, 4) is 6.07 Å². The predicted molar refractivity (Wildman–Crippen MR) is 95.9 cm³/mol. The lowest BCUT2D eigenvalue weighted by Crippen LogP contribution is -2.69. The van der Waals surface area contributed by atoms with E-state index in [1.165, 1.54) is 0 Å². The van der Waals surface area contributed by atoms with E-state index in [0.717, 1.165) is 6.08 Å². The summed E-state index contributed by atoms with van der Waals surface area (Å²) in [5.74, 6) is -2.86. The van der Waals surface area contributed by atoms with Gasteiger partial charge in [0, 0.05) is 34.2 Å². The molecule has 11 nitrogen and oxygen atoms in total. The lowest BCUT2D eigenvalue weighted by molar-refractivity contribution is -0.144. The fourth-order valence-corrected chi connectivity index (χ4v) is 5.52. The second-order valence-corrected chi connectivity index (χ2v) is 7.70. The number of carbonyl (C=O) groups excluding carboxylic acids is 2. The number of piperazine rings is 1. The predicted octanol–water partition coefficient (Wildman–Crippen LogP) is -0.257. The lowest BCUT2D eigenvalue weighted by Gasteiger charge is -2.54. The van der Waals surface area contributed by atoms with Crippen LogP contribution in [0.15, 0.2) is 28.0 Å². The first-order valence-electron chi connectivity index (χ1n) is 9.17. The van der Waals surface area contributed by atoms with Crippen LogP contribution in [-0.2, 0) is 14.4 Å². The Hall–Kier alpha value is -3.03. The molecule has 0 aromatic rings. The van der Waals surface area contributed by atoms with Crippen LogP contribution in [0.25, 0.3) is 10.4 Å². The van der Waals surface area contributed by atoms with Crippen molar-refractivity contribution in [2.75, 3.05) is 13.7 Å². The summed E-state index contributed by atoms with van der Waals surface area (Å²) in [5, 5.41) is 33.0. The number of nitrogens with zero attached hydrogens (tertiary/aromatic N) is 6. The number of likely N-dealkylation sites (N-methyl/N-ethyl adjacent to an activating group) is 1. The zero-order valence-corrected chi connectivity index (χ0v) is 15.5. The molecule has 4 aliphatic rings. The smallest absolute Gasteiger partial charge is 0.308 e. The Kier molecular flexibility index (Phi) is 4.52. The van der Waals surface area contributed by atoms with Crippen LogP contribution in [-0.4, -0.2) is 81.4 Å². The SMILES string of the molecule is CN1[C@@H]2[C@H](C(=O)O)C[C@H]1C(C#N)N1[C@@H](CO)C3=C(C[C@@H]21)C(=O)C(N=[N+]=[N-])=CC3=O. The van der Waals surface area contributed by atoms with Crippen molar-refractivity contribution in [2.45, 2.75) is 43.1 Å². The summed E-state index contributed by atoms with van der Waals surface area (Å²) < 4.78 is 0. The molecule has 4 rings (SSSR count). The zero-order valence-electron chi connectivity index (χ0n) is 15.5. The fraction of sp³-hybridized carbons (Fsp3) is 0.556. The second kappa shape index (κ2) is 6.79. The number of carbonyl (C=O) groups is 3. The van der Waals surface area contributed by atoms with E-state index in [9.17, 15) is 29.9 Å². The third-order valence-electron chi connectivity index (χ3n) is 6.61. The van der Waals surface area contributed by atoms with Crippen molar-refractivity contribution in [3.05, 3.63) is 33.4 Å². The molecule has 150 valence electrons. The van der Waals surface area contributed by atoms with Gasteiger partial charge in [-0.2, -0.15) is 5.26 Å². The molecule has 29 heavy (non-hydrogen) atoms. The Balaban J connectivity index is 1.86. The van der Waals surface area contributed by atoms with Crippen molar-refractivity contribution in [1.82, 2.24) is 9.80 Å². The van der Waals surface area contributed by atoms with E-state index in [1.807, 2.05) is 4.90 Å². The molecule has 0 spiro atoms. The average molecular weight is 398 g/mol. The molecule has 11 heteroatoms. The Morgan fingerprint density at radius 3 is 2.76 bits per heavy atom. The molecule has 0 amide bonds. The van der Waals surface area contributed by atoms with Crippen molar-refractivity contribution in [1.29, 1.82) is 5.26 Å². The summed E-state index contributed by atoms with van der Waals surface area (Å²) in [7, 11) is 1.76. The van der Waals surface area contributed by atoms with E-state index in [0.29, 0.717) is 0 Å². The van der Waals surface area contributed by atoms with Gasteiger partial charge < -0.3 is 10.2 Å².